The molecule has 0 fully saturated rings. The van der Waals surface area contributed by atoms with Crippen molar-refractivity contribution in [1.82, 2.24) is 39.5 Å². The molecule has 248 valence electrons. The smallest absolute Gasteiger partial charge is 0.359 e. The normalized spacial score (nSPS) is 10.9. The molecule has 0 atom stereocenters. The van der Waals surface area contributed by atoms with Gasteiger partial charge in [-0.05, 0) is 70.1 Å². The number of nitrogens with zero attached hydrogens (tertiary/aromatic N) is 10. The number of fused-ring (bicyclic) bond motifs is 4. The Hall–Kier alpha value is -5.74. The lowest BCUT2D eigenvalue weighted by Gasteiger charge is -2.06. The summed E-state index contributed by atoms with van der Waals surface area (Å²) in [5.41, 5.74) is 6.09. The van der Waals surface area contributed by atoms with Crippen molar-refractivity contribution in [3.05, 3.63) is 127 Å². The van der Waals surface area contributed by atoms with Crippen LogP contribution in [-0.2, 0) is 17.8 Å². The Morgan fingerprint density at radius 1 is 0.745 bits per heavy atom. The van der Waals surface area contributed by atoms with Crippen LogP contribution in [0.15, 0.2) is 85.7 Å². The number of methoxy groups -OCH3 is 1. The molecule has 15 heteroatoms. The van der Waals surface area contributed by atoms with E-state index in [1.54, 1.807) is 35.7 Å². The first-order valence-electron chi connectivity index (χ1n) is 15.1. The number of hydrogen-bond acceptors (Lipinski definition) is 10. The van der Waals surface area contributed by atoms with Crippen molar-refractivity contribution < 1.29 is 9.53 Å². The van der Waals surface area contributed by atoms with Gasteiger partial charge in [0.25, 0.3) is 0 Å². The molecule has 0 aliphatic carbocycles. The van der Waals surface area contributed by atoms with Gasteiger partial charge in [0.2, 0.25) is 0 Å². The highest BCUT2D eigenvalue weighted by atomic mass is 127. The van der Waals surface area contributed by atoms with Gasteiger partial charge < -0.3 is 4.74 Å². The fourth-order valence-electron chi connectivity index (χ4n) is 5.69. The molecule has 0 bridgehead atoms. The van der Waals surface area contributed by atoms with Crippen molar-refractivity contribution in [2.24, 2.45) is 0 Å². The average molecular weight is 823 g/mol. The first kappa shape index (κ1) is 33.7. The van der Waals surface area contributed by atoms with Gasteiger partial charge in [-0.3, -0.25) is 29.3 Å². The third-order valence-electron chi connectivity index (χ3n) is 7.99. The molecule has 0 saturated heterocycles. The van der Waals surface area contributed by atoms with Crippen molar-refractivity contribution >= 4 is 95.4 Å². The lowest BCUT2D eigenvalue weighted by molar-refractivity contribution is 0.0595. The Morgan fingerprint density at radius 2 is 1.25 bits per heavy atom. The topological polar surface area (TPSA) is 161 Å². The molecule has 8 aromatic rings. The van der Waals surface area contributed by atoms with Gasteiger partial charge in [0.05, 0.1) is 86.6 Å². The molecule has 0 unspecified atom stereocenters. The number of pyridine rings is 4. The van der Waals surface area contributed by atoms with Crippen LogP contribution in [0.25, 0.3) is 43.6 Å². The maximum atomic E-state index is 12.1. The van der Waals surface area contributed by atoms with E-state index in [-0.39, 0.29) is 11.3 Å². The van der Waals surface area contributed by atoms with E-state index in [9.17, 15) is 15.3 Å². The molecule has 0 amide bonds. The van der Waals surface area contributed by atoms with Gasteiger partial charge in [0.15, 0.2) is 5.69 Å². The van der Waals surface area contributed by atoms with Gasteiger partial charge in [-0.25, -0.2) is 4.79 Å². The Morgan fingerprint density at radius 3 is 1.78 bits per heavy atom. The molecule has 6 aromatic heterocycles. The quantitative estimate of drug-likeness (QED) is 0.126. The minimum atomic E-state index is -0.601. The zero-order chi connectivity index (χ0) is 35.6. The van der Waals surface area contributed by atoms with E-state index >= 15 is 0 Å². The van der Waals surface area contributed by atoms with Crippen molar-refractivity contribution in [3.63, 3.8) is 0 Å². The van der Waals surface area contributed by atoms with Crippen LogP contribution in [0.5, 0.6) is 0 Å². The molecule has 0 saturated carbocycles. The second-order valence-electron chi connectivity index (χ2n) is 11.2. The molecule has 0 aliphatic rings. The van der Waals surface area contributed by atoms with Gasteiger partial charge in [-0.15, -0.1) is 0 Å². The number of hydrogen-bond donors (Lipinski definition) is 0. The summed E-state index contributed by atoms with van der Waals surface area (Å²) in [7, 11) is 1.28. The standard InChI is InChI=1S/C19H12ClN5O2.C17H9ClIN5/c1-27-19(26)18-17-13(6-21)7-22-9-16(17)25(24-18)10-11-2-3-15-12(4-11)5-14(20)8-23-15;18-13-4-11-3-10(1-2-14(11)22-7-13)9-24-15-8-21-6-12(5-20)16(15)17(19)23-24/h2-5,7-9H,10H2,1H3;1-4,6-8H,9H2. The second kappa shape index (κ2) is 14.2. The molecule has 51 heavy (non-hydrogen) atoms. The number of nitriles is 2. The van der Waals surface area contributed by atoms with Crippen molar-refractivity contribution in [1.29, 1.82) is 10.5 Å². The largest absolute Gasteiger partial charge is 0.464 e. The van der Waals surface area contributed by atoms with E-state index in [1.807, 2.05) is 47.1 Å². The maximum Gasteiger partial charge on any atom is 0.359 e. The number of aromatic nitrogens is 8. The summed E-state index contributed by atoms with van der Waals surface area (Å²) in [5, 5.41) is 31.9. The van der Waals surface area contributed by atoms with Crippen LogP contribution in [0.4, 0.5) is 0 Å². The van der Waals surface area contributed by atoms with E-state index < -0.39 is 5.97 Å². The molecule has 0 spiro atoms. The predicted molar refractivity (Wildman–Crippen MR) is 200 cm³/mol. The maximum absolute atomic E-state index is 12.1. The predicted octanol–water partition coefficient (Wildman–Crippen LogP) is 7.50. The highest BCUT2D eigenvalue weighted by Crippen LogP contribution is 2.26. The van der Waals surface area contributed by atoms with Gasteiger partial charge in [-0.1, -0.05) is 35.3 Å². The zero-order valence-corrected chi connectivity index (χ0v) is 30.1. The van der Waals surface area contributed by atoms with Gasteiger partial charge in [-0.2, -0.15) is 20.7 Å². The Kier molecular flexibility index (Phi) is 9.42. The second-order valence-corrected chi connectivity index (χ2v) is 13.1. The lowest BCUT2D eigenvalue weighted by atomic mass is 10.1. The first-order chi connectivity index (χ1) is 24.8. The van der Waals surface area contributed by atoms with Crippen molar-refractivity contribution in [3.8, 4) is 12.1 Å². The summed E-state index contributed by atoms with van der Waals surface area (Å²) >= 11 is 14.2. The van der Waals surface area contributed by atoms with Crippen LogP contribution < -0.4 is 0 Å². The van der Waals surface area contributed by atoms with Crippen molar-refractivity contribution in [2.75, 3.05) is 7.11 Å². The Labute approximate surface area is 313 Å². The number of carbonyl (C=O) groups is 1. The summed E-state index contributed by atoms with van der Waals surface area (Å²) in [6, 6.07) is 19.8. The minimum Gasteiger partial charge on any atom is -0.464 e. The molecular weight excluding hydrogens is 802 g/mol. The molecule has 2 aromatic carbocycles. The number of esters is 1. The van der Waals surface area contributed by atoms with Crippen molar-refractivity contribution in [2.45, 2.75) is 13.1 Å². The van der Waals surface area contributed by atoms with E-state index in [2.05, 4.69) is 70.9 Å². The summed E-state index contributed by atoms with van der Waals surface area (Å²) in [5.74, 6) is -0.601. The summed E-state index contributed by atoms with van der Waals surface area (Å²) < 4.78 is 9.11. The fourth-order valence-corrected chi connectivity index (χ4v) is 6.85. The monoisotopic (exact) mass is 822 g/mol. The van der Waals surface area contributed by atoms with Crippen LogP contribution >= 0.6 is 45.8 Å². The summed E-state index contributed by atoms with van der Waals surface area (Å²) in [6.07, 6.45) is 9.54. The van der Waals surface area contributed by atoms with Crippen LogP contribution in [0, 0.1) is 26.4 Å². The number of rotatable bonds is 5. The summed E-state index contributed by atoms with van der Waals surface area (Å²) in [4.78, 5) is 28.9. The highest BCUT2D eigenvalue weighted by Gasteiger charge is 2.21. The van der Waals surface area contributed by atoms with Crippen LogP contribution in [0.1, 0.15) is 32.7 Å². The molecule has 0 radical (unpaired) electrons. The fraction of sp³-hybridized carbons (Fsp3) is 0.0833. The van der Waals surface area contributed by atoms with Gasteiger partial charge >= 0.3 is 5.97 Å². The number of carbonyl (C=O) groups excluding carboxylic acids is 1. The third kappa shape index (κ3) is 6.74. The molecule has 0 aliphatic heterocycles. The van der Waals surface area contributed by atoms with Crippen LogP contribution in [0.3, 0.4) is 0 Å². The SMILES string of the molecule is COC(=O)c1nn(Cc2ccc3ncc(Cl)cc3c2)c2cncc(C#N)c12.N#Cc1cncc2c1c(I)nn2Cc1ccc2ncc(Cl)cc2c1. The van der Waals surface area contributed by atoms with Crippen LogP contribution in [0.2, 0.25) is 10.0 Å². The van der Waals surface area contributed by atoms with E-state index in [1.165, 1.54) is 13.3 Å². The van der Waals surface area contributed by atoms with E-state index in [4.69, 9.17) is 27.9 Å². The Balaban J connectivity index is 0.000000160. The molecule has 8 rings (SSSR count). The summed E-state index contributed by atoms with van der Waals surface area (Å²) in [6.45, 7) is 0.963. The first-order valence-corrected chi connectivity index (χ1v) is 16.9. The van der Waals surface area contributed by atoms with Crippen LogP contribution in [-0.4, -0.2) is 52.6 Å². The minimum absolute atomic E-state index is 0.0944. The molecular formula is C36H21Cl2IN10O2. The van der Waals surface area contributed by atoms with Gasteiger partial charge in [0.1, 0.15) is 15.8 Å². The molecule has 12 nitrogen and oxygen atoms in total. The number of halogens is 3. The molecule has 0 N–H and O–H groups in total. The molecule has 6 heterocycles. The average Bonchev–Trinajstić information content (AvgIpc) is 3.67. The highest BCUT2D eigenvalue weighted by molar-refractivity contribution is 14.1. The lowest BCUT2D eigenvalue weighted by Crippen LogP contribution is -2.06. The van der Waals surface area contributed by atoms with Gasteiger partial charge in [0, 0.05) is 35.6 Å². The number of ether oxygens (including phenoxy) is 1. The Bertz CT molecular complexity index is 2750. The van der Waals surface area contributed by atoms with E-state index in [0.717, 1.165) is 47.5 Å². The number of benzene rings is 2. The zero-order valence-electron chi connectivity index (χ0n) is 26.4. The third-order valence-corrected chi connectivity index (χ3v) is 9.16. The van der Waals surface area contributed by atoms with E-state index in [0.29, 0.717) is 39.6 Å².